The summed E-state index contributed by atoms with van der Waals surface area (Å²) >= 11 is 5.31. The molecule has 1 aliphatic heterocycles. The molecule has 17 heavy (non-hydrogen) atoms. The smallest absolute Gasteiger partial charge is 0.237 e. The highest BCUT2D eigenvalue weighted by Gasteiger charge is 2.24. The molecule has 2 unspecified atom stereocenters. The highest BCUT2D eigenvalue weighted by atomic mass is 79.9. The van der Waals surface area contributed by atoms with Crippen molar-refractivity contribution in [3.63, 3.8) is 0 Å². The van der Waals surface area contributed by atoms with Crippen molar-refractivity contribution in [3.05, 3.63) is 29.8 Å². The molecule has 1 amide bonds. The average molecular weight is 314 g/mol. The molecule has 0 bridgehead atoms. The summed E-state index contributed by atoms with van der Waals surface area (Å²) < 4.78 is 0. The van der Waals surface area contributed by atoms with E-state index in [0.29, 0.717) is 0 Å². The Morgan fingerprint density at radius 3 is 2.94 bits per heavy atom. The summed E-state index contributed by atoms with van der Waals surface area (Å²) in [6.45, 7) is 2.06. The van der Waals surface area contributed by atoms with E-state index >= 15 is 0 Å². The van der Waals surface area contributed by atoms with Crippen molar-refractivity contribution in [1.82, 2.24) is 0 Å². The van der Waals surface area contributed by atoms with Gasteiger partial charge >= 0.3 is 0 Å². The van der Waals surface area contributed by atoms with Gasteiger partial charge in [0.1, 0.15) is 0 Å². The van der Waals surface area contributed by atoms with Crippen molar-refractivity contribution in [1.29, 1.82) is 0 Å². The largest absolute Gasteiger partial charge is 0.325 e. The predicted octanol–water partition coefficient (Wildman–Crippen LogP) is 3.98. The lowest BCUT2D eigenvalue weighted by Crippen LogP contribution is -2.23. The third kappa shape index (κ3) is 3.26. The molecular formula is C13H16BrNOS. The first-order valence-electron chi connectivity index (χ1n) is 5.84. The average Bonchev–Trinajstić information content (AvgIpc) is 2.83. The first kappa shape index (κ1) is 13.0. The molecule has 1 aliphatic rings. The molecular weight excluding hydrogens is 298 g/mol. The van der Waals surface area contributed by atoms with E-state index in [-0.39, 0.29) is 16.0 Å². The topological polar surface area (TPSA) is 29.1 Å². The van der Waals surface area contributed by atoms with Crippen LogP contribution in [-0.4, -0.2) is 16.9 Å². The molecule has 2 atom stereocenters. The molecule has 0 radical (unpaired) electrons. The van der Waals surface area contributed by atoms with E-state index < -0.39 is 0 Å². The molecule has 1 fully saturated rings. The van der Waals surface area contributed by atoms with Gasteiger partial charge in [0.2, 0.25) is 5.91 Å². The number of benzene rings is 1. The Kier molecular flexibility index (Phi) is 4.51. The standard InChI is InChI=1S/C13H16BrNOS/c1-9(14)10-5-2-3-6-11(10)15-13(16)12-7-4-8-17-12/h2-3,5-6,9,12H,4,7-8H2,1H3,(H,15,16). The summed E-state index contributed by atoms with van der Waals surface area (Å²) in [5.41, 5.74) is 2.05. The van der Waals surface area contributed by atoms with Crippen LogP contribution >= 0.6 is 27.7 Å². The molecule has 92 valence electrons. The molecule has 1 N–H and O–H groups in total. The number of alkyl halides is 1. The fourth-order valence-corrected chi connectivity index (χ4v) is 3.52. The van der Waals surface area contributed by atoms with Gasteiger partial charge in [-0.15, -0.1) is 11.8 Å². The van der Waals surface area contributed by atoms with Crippen LogP contribution in [0, 0.1) is 0 Å². The fraction of sp³-hybridized carbons (Fsp3) is 0.462. The van der Waals surface area contributed by atoms with Gasteiger partial charge in [-0.25, -0.2) is 0 Å². The highest BCUT2D eigenvalue weighted by Crippen LogP contribution is 2.31. The van der Waals surface area contributed by atoms with Gasteiger partial charge in [0.05, 0.1) is 5.25 Å². The van der Waals surface area contributed by atoms with Crippen molar-refractivity contribution < 1.29 is 4.79 Å². The molecule has 0 aromatic heterocycles. The van der Waals surface area contributed by atoms with Crippen LogP contribution in [0.1, 0.15) is 30.2 Å². The maximum atomic E-state index is 12.0. The van der Waals surface area contributed by atoms with Crippen LogP contribution in [0.25, 0.3) is 0 Å². The number of nitrogens with one attached hydrogen (secondary N) is 1. The lowest BCUT2D eigenvalue weighted by molar-refractivity contribution is -0.115. The Hall–Kier alpha value is -0.480. The lowest BCUT2D eigenvalue weighted by atomic mass is 10.1. The molecule has 4 heteroatoms. The number of para-hydroxylation sites is 1. The minimum absolute atomic E-state index is 0.133. The third-order valence-electron chi connectivity index (χ3n) is 2.87. The Labute approximate surface area is 115 Å². The summed E-state index contributed by atoms with van der Waals surface area (Å²) in [5, 5.41) is 3.18. The van der Waals surface area contributed by atoms with Gasteiger partial charge in [-0.1, -0.05) is 34.1 Å². The molecule has 1 aromatic carbocycles. The number of amides is 1. The van der Waals surface area contributed by atoms with E-state index in [0.717, 1.165) is 29.8 Å². The zero-order valence-corrected chi connectivity index (χ0v) is 12.2. The van der Waals surface area contributed by atoms with Gasteiger partial charge in [0, 0.05) is 10.5 Å². The number of carbonyl (C=O) groups is 1. The van der Waals surface area contributed by atoms with Gasteiger partial charge < -0.3 is 5.32 Å². The Morgan fingerprint density at radius 2 is 2.29 bits per heavy atom. The molecule has 2 nitrogen and oxygen atoms in total. The maximum absolute atomic E-state index is 12.0. The second kappa shape index (κ2) is 5.91. The minimum Gasteiger partial charge on any atom is -0.325 e. The van der Waals surface area contributed by atoms with Crippen LogP contribution in [0.5, 0.6) is 0 Å². The number of anilines is 1. The maximum Gasteiger partial charge on any atom is 0.237 e. The van der Waals surface area contributed by atoms with E-state index in [1.165, 1.54) is 0 Å². The summed E-state index contributed by atoms with van der Waals surface area (Å²) in [6.07, 6.45) is 2.15. The SMILES string of the molecule is CC(Br)c1ccccc1NC(=O)C1CCCS1. The van der Waals surface area contributed by atoms with Crippen LogP contribution < -0.4 is 5.32 Å². The van der Waals surface area contributed by atoms with Crippen LogP contribution in [-0.2, 0) is 4.79 Å². The fourth-order valence-electron chi connectivity index (χ4n) is 1.96. The van der Waals surface area contributed by atoms with Gasteiger partial charge in [-0.2, -0.15) is 0 Å². The van der Waals surface area contributed by atoms with E-state index in [9.17, 15) is 4.79 Å². The number of hydrogen-bond acceptors (Lipinski definition) is 2. The molecule has 1 saturated heterocycles. The van der Waals surface area contributed by atoms with Crippen molar-refractivity contribution in [2.45, 2.75) is 29.8 Å². The zero-order valence-electron chi connectivity index (χ0n) is 9.78. The van der Waals surface area contributed by atoms with Gasteiger partial charge in [0.15, 0.2) is 0 Å². The van der Waals surface area contributed by atoms with Crippen LogP contribution in [0.4, 0.5) is 5.69 Å². The van der Waals surface area contributed by atoms with Gasteiger partial charge in [-0.05, 0) is 37.1 Å². The number of hydrogen-bond donors (Lipinski definition) is 1. The minimum atomic E-state index is 0.133. The van der Waals surface area contributed by atoms with Crippen LogP contribution in [0.2, 0.25) is 0 Å². The van der Waals surface area contributed by atoms with Crippen LogP contribution in [0.3, 0.4) is 0 Å². The quantitative estimate of drug-likeness (QED) is 0.855. The monoisotopic (exact) mass is 313 g/mol. The molecule has 0 saturated carbocycles. The molecule has 0 spiro atoms. The molecule has 1 heterocycles. The van der Waals surface area contributed by atoms with E-state index in [2.05, 4.69) is 28.2 Å². The lowest BCUT2D eigenvalue weighted by Gasteiger charge is -2.14. The summed E-state index contributed by atoms with van der Waals surface area (Å²) in [5.74, 6) is 1.25. The first-order chi connectivity index (χ1) is 8.18. The van der Waals surface area contributed by atoms with Crippen molar-refractivity contribution in [2.75, 3.05) is 11.1 Å². The van der Waals surface area contributed by atoms with E-state index in [1.54, 1.807) is 11.8 Å². The first-order valence-corrected chi connectivity index (χ1v) is 7.80. The summed E-state index contributed by atoms with van der Waals surface area (Å²) in [6, 6.07) is 7.95. The van der Waals surface area contributed by atoms with Crippen molar-refractivity contribution >= 4 is 39.3 Å². The zero-order chi connectivity index (χ0) is 12.3. The highest BCUT2D eigenvalue weighted by molar-refractivity contribution is 9.09. The van der Waals surface area contributed by atoms with Gasteiger partial charge in [-0.3, -0.25) is 4.79 Å². The second-order valence-electron chi connectivity index (χ2n) is 4.19. The van der Waals surface area contributed by atoms with E-state index in [1.807, 2.05) is 24.3 Å². The Bertz CT molecular complexity index is 402. The van der Waals surface area contributed by atoms with Gasteiger partial charge in [0.25, 0.3) is 0 Å². The number of thioether (sulfide) groups is 1. The number of halogens is 1. The summed E-state index contributed by atoms with van der Waals surface area (Å²) in [7, 11) is 0. The Morgan fingerprint density at radius 1 is 1.53 bits per heavy atom. The normalized spacial score (nSPS) is 21.2. The number of carbonyl (C=O) groups excluding carboxylic acids is 1. The third-order valence-corrected chi connectivity index (χ3v) is 4.74. The van der Waals surface area contributed by atoms with E-state index in [4.69, 9.17) is 0 Å². The predicted molar refractivity (Wildman–Crippen MR) is 77.9 cm³/mol. The Balaban J connectivity index is 2.09. The number of rotatable bonds is 3. The molecule has 2 rings (SSSR count). The van der Waals surface area contributed by atoms with Crippen molar-refractivity contribution in [2.24, 2.45) is 0 Å². The van der Waals surface area contributed by atoms with Crippen LogP contribution in [0.15, 0.2) is 24.3 Å². The molecule has 0 aliphatic carbocycles. The summed E-state index contributed by atoms with van der Waals surface area (Å²) in [4.78, 5) is 12.3. The molecule has 1 aromatic rings. The van der Waals surface area contributed by atoms with Crippen molar-refractivity contribution in [3.8, 4) is 0 Å². The second-order valence-corrected chi connectivity index (χ2v) is 6.88.